The van der Waals surface area contributed by atoms with Crippen LogP contribution in [0.25, 0.3) is 0 Å². The Bertz CT molecular complexity index is 356. The maximum atomic E-state index is 12.1. The van der Waals surface area contributed by atoms with Gasteiger partial charge in [-0.2, -0.15) is 0 Å². The summed E-state index contributed by atoms with van der Waals surface area (Å²) in [7, 11) is 0. The molecule has 0 aliphatic heterocycles. The molecule has 1 rings (SSSR count). The molecule has 1 aliphatic carbocycles. The first-order chi connectivity index (χ1) is 10.1. The van der Waals surface area contributed by atoms with Crippen molar-refractivity contribution in [3.63, 3.8) is 0 Å². The molecule has 1 amide bonds. The molecular weight excluding hydrogens is 270 g/mol. The predicted molar refractivity (Wildman–Crippen MR) is 81.0 cm³/mol. The predicted octanol–water partition coefficient (Wildman–Crippen LogP) is 2.51. The van der Waals surface area contributed by atoms with E-state index in [-0.39, 0.29) is 11.9 Å². The highest BCUT2D eigenvalue weighted by atomic mass is 16.5. The van der Waals surface area contributed by atoms with Crippen molar-refractivity contribution in [2.45, 2.75) is 64.0 Å². The number of carbonyl (C=O) groups is 2. The van der Waals surface area contributed by atoms with Crippen LogP contribution in [0.3, 0.4) is 0 Å². The van der Waals surface area contributed by atoms with E-state index in [1.54, 1.807) is 13.0 Å². The highest BCUT2D eigenvalue weighted by Gasteiger charge is 2.30. The van der Waals surface area contributed by atoms with Gasteiger partial charge in [0.2, 0.25) is 5.91 Å². The Morgan fingerprint density at radius 3 is 2.62 bits per heavy atom. The largest absolute Gasteiger partial charge is 0.481 e. The number of ether oxygens (including phenoxy) is 1. The minimum Gasteiger partial charge on any atom is -0.481 e. The van der Waals surface area contributed by atoms with Gasteiger partial charge in [-0.1, -0.05) is 31.8 Å². The molecule has 1 saturated carbocycles. The Morgan fingerprint density at radius 1 is 1.33 bits per heavy atom. The highest BCUT2D eigenvalue weighted by Crippen LogP contribution is 2.23. The zero-order chi connectivity index (χ0) is 15.7. The smallest absolute Gasteiger partial charge is 0.308 e. The Labute approximate surface area is 126 Å². The van der Waals surface area contributed by atoms with E-state index in [1.165, 1.54) is 0 Å². The molecule has 0 bridgehead atoms. The van der Waals surface area contributed by atoms with E-state index in [1.807, 2.05) is 0 Å². The Hall–Kier alpha value is -1.36. The van der Waals surface area contributed by atoms with Crippen LogP contribution in [0.15, 0.2) is 12.7 Å². The average molecular weight is 297 g/mol. The molecule has 0 spiro atoms. The van der Waals surface area contributed by atoms with Crippen molar-refractivity contribution in [3.8, 4) is 0 Å². The Kier molecular flexibility index (Phi) is 8.05. The van der Waals surface area contributed by atoms with E-state index in [0.717, 1.165) is 32.1 Å². The molecule has 0 aromatic heterocycles. The second kappa shape index (κ2) is 9.55. The monoisotopic (exact) mass is 297 g/mol. The first-order valence-corrected chi connectivity index (χ1v) is 7.82. The summed E-state index contributed by atoms with van der Waals surface area (Å²) in [6.45, 7) is 5.74. The summed E-state index contributed by atoms with van der Waals surface area (Å²) < 4.78 is 5.41. The third kappa shape index (κ3) is 6.29. The number of carboxylic acid groups (broad SMARTS) is 1. The highest BCUT2D eigenvalue weighted by molar-refractivity contribution is 5.81. The number of hydrogen-bond donors (Lipinski definition) is 2. The SMILES string of the molecule is C=CCCOC(C)C(=O)NC1CCCCCCC1C(=O)O. The summed E-state index contributed by atoms with van der Waals surface area (Å²) >= 11 is 0. The second-order valence-corrected chi connectivity index (χ2v) is 5.64. The van der Waals surface area contributed by atoms with Crippen LogP contribution in [-0.2, 0) is 14.3 Å². The molecule has 1 fully saturated rings. The third-order valence-corrected chi connectivity index (χ3v) is 3.97. The fourth-order valence-corrected chi connectivity index (χ4v) is 2.66. The molecule has 0 heterocycles. The molecule has 0 aromatic rings. The van der Waals surface area contributed by atoms with Gasteiger partial charge in [0, 0.05) is 6.04 Å². The fourth-order valence-electron chi connectivity index (χ4n) is 2.66. The molecule has 5 heteroatoms. The summed E-state index contributed by atoms with van der Waals surface area (Å²) in [5, 5.41) is 12.2. The maximum Gasteiger partial charge on any atom is 0.308 e. The van der Waals surface area contributed by atoms with Crippen LogP contribution in [0.2, 0.25) is 0 Å². The third-order valence-electron chi connectivity index (χ3n) is 3.97. The van der Waals surface area contributed by atoms with Crippen molar-refractivity contribution in [3.05, 3.63) is 12.7 Å². The number of carbonyl (C=O) groups excluding carboxylic acids is 1. The number of rotatable bonds is 7. The van der Waals surface area contributed by atoms with Crippen LogP contribution < -0.4 is 5.32 Å². The lowest BCUT2D eigenvalue weighted by atomic mass is 9.86. The quantitative estimate of drug-likeness (QED) is 0.559. The number of aliphatic carboxylic acids is 1. The van der Waals surface area contributed by atoms with Crippen LogP contribution in [0.1, 0.15) is 51.9 Å². The van der Waals surface area contributed by atoms with Gasteiger partial charge in [-0.05, 0) is 26.2 Å². The van der Waals surface area contributed by atoms with Gasteiger partial charge in [0.15, 0.2) is 0 Å². The van der Waals surface area contributed by atoms with Crippen LogP contribution >= 0.6 is 0 Å². The molecule has 120 valence electrons. The first kappa shape index (κ1) is 17.7. The van der Waals surface area contributed by atoms with Crippen LogP contribution in [0.5, 0.6) is 0 Å². The number of amides is 1. The topological polar surface area (TPSA) is 75.6 Å². The summed E-state index contributed by atoms with van der Waals surface area (Å²) in [5.74, 6) is -1.53. The van der Waals surface area contributed by atoms with E-state index < -0.39 is 18.0 Å². The van der Waals surface area contributed by atoms with Gasteiger partial charge in [0.1, 0.15) is 6.10 Å². The van der Waals surface area contributed by atoms with Crippen molar-refractivity contribution in [1.29, 1.82) is 0 Å². The molecular formula is C16H27NO4. The normalized spacial score (nSPS) is 24.4. The summed E-state index contributed by atoms with van der Waals surface area (Å²) in [6.07, 6.45) is 7.27. The van der Waals surface area contributed by atoms with Crippen LogP contribution in [0.4, 0.5) is 0 Å². The molecule has 3 atom stereocenters. The zero-order valence-corrected chi connectivity index (χ0v) is 12.8. The standard InChI is InChI=1S/C16H27NO4/c1-3-4-11-21-12(2)15(18)17-14-10-8-6-5-7-9-13(14)16(19)20/h3,12-14H,1,4-11H2,2H3,(H,17,18)(H,19,20). The van der Waals surface area contributed by atoms with Crippen LogP contribution in [-0.4, -0.2) is 35.7 Å². The van der Waals surface area contributed by atoms with Crippen molar-refractivity contribution in [2.75, 3.05) is 6.61 Å². The zero-order valence-electron chi connectivity index (χ0n) is 12.8. The van der Waals surface area contributed by atoms with Gasteiger partial charge in [0.25, 0.3) is 0 Å². The van der Waals surface area contributed by atoms with Gasteiger partial charge in [-0.15, -0.1) is 6.58 Å². The van der Waals surface area contributed by atoms with Gasteiger partial charge in [0.05, 0.1) is 12.5 Å². The molecule has 3 unspecified atom stereocenters. The minimum atomic E-state index is -0.817. The van der Waals surface area contributed by atoms with Gasteiger partial charge in [-0.25, -0.2) is 0 Å². The van der Waals surface area contributed by atoms with E-state index >= 15 is 0 Å². The first-order valence-electron chi connectivity index (χ1n) is 7.82. The van der Waals surface area contributed by atoms with Gasteiger partial charge >= 0.3 is 5.97 Å². The molecule has 0 aromatic carbocycles. The number of carboxylic acids is 1. The summed E-state index contributed by atoms with van der Waals surface area (Å²) in [6, 6.07) is -0.291. The molecule has 2 N–H and O–H groups in total. The molecule has 0 saturated heterocycles. The molecule has 1 aliphatic rings. The van der Waals surface area contributed by atoms with Crippen molar-refractivity contribution in [1.82, 2.24) is 5.32 Å². The summed E-state index contributed by atoms with van der Waals surface area (Å²) in [4.78, 5) is 23.5. The maximum absolute atomic E-state index is 12.1. The van der Waals surface area contributed by atoms with Crippen molar-refractivity contribution >= 4 is 11.9 Å². The van der Waals surface area contributed by atoms with E-state index in [2.05, 4.69) is 11.9 Å². The lowest BCUT2D eigenvalue weighted by Gasteiger charge is -2.28. The van der Waals surface area contributed by atoms with Gasteiger partial charge < -0.3 is 15.2 Å². The molecule has 21 heavy (non-hydrogen) atoms. The number of nitrogens with one attached hydrogen (secondary N) is 1. The minimum absolute atomic E-state index is 0.226. The summed E-state index contributed by atoms with van der Waals surface area (Å²) in [5.41, 5.74) is 0. The lowest BCUT2D eigenvalue weighted by Crippen LogP contribution is -2.47. The average Bonchev–Trinajstić information content (AvgIpc) is 2.41. The fraction of sp³-hybridized carbons (Fsp3) is 0.750. The van der Waals surface area contributed by atoms with Crippen molar-refractivity contribution < 1.29 is 19.4 Å². The number of hydrogen-bond acceptors (Lipinski definition) is 3. The Balaban J connectivity index is 2.55. The van der Waals surface area contributed by atoms with E-state index in [0.29, 0.717) is 19.4 Å². The van der Waals surface area contributed by atoms with Gasteiger partial charge in [-0.3, -0.25) is 9.59 Å². The van der Waals surface area contributed by atoms with Crippen molar-refractivity contribution in [2.24, 2.45) is 5.92 Å². The van der Waals surface area contributed by atoms with E-state index in [9.17, 15) is 14.7 Å². The van der Waals surface area contributed by atoms with Crippen LogP contribution in [0, 0.1) is 5.92 Å². The Morgan fingerprint density at radius 2 is 2.00 bits per heavy atom. The van der Waals surface area contributed by atoms with E-state index in [4.69, 9.17) is 4.74 Å². The molecule has 0 radical (unpaired) electrons. The second-order valence-electron chi connectivity index (χ2n) is 5.64. The molecule has 5 nitrogen and oxygen atoms in total. The lowest BCUT2D eigenvalue weighted by molar-refractivity contribution is -0.144.